The largest absolute Gasteiger partial charge is 0.306 e. The van der Waals surface area contributed by atoms with Gasteiger partial charge in [-0.1, -0.05) is 57.6 Å². The van der Waals surface area contributed by atoms with Crippen LogP contribution in [0.15, 0.2) is 18.2 Å². The van der Waals surface area contributed by atoms with Crippen LogP contribution in [-0.2, 0) is 37.9 Å². The van der Waals surface area contributed by atoms with E-state index in [-0.39, 0.29) is 29.6 Å². The fourth-order valence-corrected chi connectivity index (χ4v) is 2.74. The monoisotopic (exact) mass is 349 g/mol. The van der Waals surface area contributed by atoms with Crippen LogP contribution in [0, 0.1) is 0 Å². The third-order valence-electron chi connectivity index (χ3n) is 3.97. The maximum atomic E-state index is 5.14. The van der Waals surface area contributed by atoms with Crippen LogP contribution < -0.4 is 4.89 Å². The van der Waals surface area contributed by atoms with Gasteiger partial charge in [0, 0.05) is 45.2 Å². The van der Waals surface area contributed by atoms with Gasteiger partial charge in [-0.2, -0.15) is 0 Å². The smallest absolute Gasteiger partial charge is 0.172 e. The normalized spacial score (nSPS) is 15.0. The standard InChI is InChI=1S/C17H26O6.Na/c1-2-3-4-5-6-7-8-11-16-15-10-9-12-17(16)19-21-23-22-20-18-14-13-15;/h9-10,12H,2-8,11,13-14H2,1H3;. The van der Waals surface area contributed by atoms with Crippen LogP contribution in [0.25, 0.3) is 0 Å². The minimum absolute atomic E-state index is 0. The van der Waals surface area contributed by atoms with E-state index >= 15 is 0 Å². The molecule has 6 nitrogen and oxygen atoms in total. The zero-order valence-electron chi connectivity index (χ0n) is 14.8. The number of hydrogen-bond donors (Lipinski definition) is 0. The molecule has 0 atom stereocenters. The molecule has 0 unspecified atom stereocenters. The van der Waals surface area contributed by atoms with Gasteiger partial charge in [0.1, 0.15) is 0 Å². The summed E-state index contributed by atoms with van der Waals surface area (Å²) >= 11 is 0. The summed E-state index contributed by atoms with van der Waals surface area (Å²) < 4.78 is 0. The molecule has 0 amide bonds. The van der Waals surface area contributed by atoms with Crippen LogP contribution >= 0.6 is 0 Å². The van der Waals surface area contributed by atoms with Gasteiger partial charge in [-0.15, -0.1) is 0 Å². The number of fused-ring (bicyclic) bond motifs is 2. The van der Waals surface area contributed by atoms with E-state index in [2.05, 4.69) is 33.1 Å². The SMILES string of the molecule is CCCCCCCCCc1c2cccc1OOOOOOCC2.[Na]. The van der Waals surface area contributed by atoms with Crippen LogP contribution in [0.2, 0.25) is 0 Å². The molecule has 1 aromatic carbocycles. The van der Waals surface area contributed by atoms with Crippen molar-refractivity contribution in [2.45, 2.75) is 64.7 Å². The first kappa shape index (κ1) is 21.9. The summed E-state index contributed by atoms with van der Waals surface area (Å²) in [5.74, 6) is 0.638. The zero-order chi connectivity index (χ0) is 16.2. The van der Waals surface area contributed by atoms with Gasteiger partial charge in [-0.3, -0.25) is 0 Å². The third-order valence-corrected chi connectivity index (χ3v) is 3.97. The predicted molar refractivity (Wildman–Crippen MR) is 88.5 cm³/mol. The minimum atomic E-state index is 0. The molecule has 131 valence electrons. The molecule has 2 bridgehead atoms. The van der Waals surface area contributed by atoms with Crippen molar-refractivity contribution >= 4 is 29.6 Å². The Balaban J connectivity index is 0.00000288. The summed E-state index contributed by atoms with van der Waals surface area (Å²) in [4.78, 5) is 9.95. The molecular formula is C17H26NaO6. The van der Waals surface area contributed by atoms with E-state index in [1.165, 1.54) is 38.5 Å². The van der Waals surface area contributed by atoms with Crippen molar-refractivity contribution in [3.8, 4) is 5.75 Å². The number of unbranched alkanes of at least 4 members (excludes halogenated alkanes) is 6. The summed E-state index contributed by atoms with van der Waals surface area (Å²) in [6.07, 6.45) is 10.5. The maximum Gasteiger partial charge on any atom is 0.172 e. The van der Waals surface area contributed by atoms with E-state index in [4.69, 9.17) is 9.78 Å². The molecule has 2 rings (SSSR count). The predicted octanol–water partition coefficient (Wildman–Crippen LogP) is 4.19. The summed E-state index contributed by atoms with van der Waals surface area (Å²) in [5, 5.41) is 17.2. The summed E-state index contributed by atoms with van der Waals surface area (Å²) in [5.41, 5.74) is 2.28. The Morgan fingerprint density at radius 3 is 2.46 bits per heavy atom. The molecule has 0 N–H and O–H groups in total. The maximum absolute atomic E-state index is 5.14. The summed E-state index contributed by atoms with van der Waals surface area (Å²) in [6.45, 7) is 2.60. The van der Waals surface area contributed by atoms with Gasteiger partial charge >= 0.3 is 0 Å². The van der Waals surface area contributed by atoms with Crippen molar-refractivity contribution in [1.82, 2.24) is 0 Å². The first-order chi connectivity index (χ1) is 11.4. The second kappa shape index (κ2) is 14.0. The van der Waals surface area contributed by atoms with E-state index in [1.807, 2.05) is 12.1 Å². The molecular weight excluding hydrogens is 323 g/mol. The molecule has 0 aliphatic carbocycles. The van der Waals surface area contributed by atoms with Crippen LogP contribution in [0.3, 0.4) is 0 Å². The van der Waals surface area contributed by atoms with Gasteiger partial charge in [-0.05, 0) is 41.0 Å². The second-order valence-electron chi connectivity index (χ2n) is 5.69. The average Bonchev–Trinajstić information content (AvgIpc) is 2.59. The Bertz CT molecular complexity index is 415. The van der Waals surface area contributed by atoms with E-state index in [1.54, 1.807) is 0 Å². The van der Waals surface area contributed by atoms with E-state index in [0.717, 1.165) is 24.0 Å². The molecule has 1 aliphatic heterocycles. The van der Waals surface area contributed by atoms with E-state index in [9.17, 15) is 0 Å². The fourth-order valence-electron chi connectivity index (χ4n) is 2.74. The summed E-state index contributed by atoms with van der Waals surface area (Å²) in [7, 11) is 0. The van der Waals surface area contributed by atoms with Gasteiger partial charge in [0.25, 0.3) is 0 Å². The molecule has 1 aromatic rings. The molecule has 0 saturated heterocycles. The van der Waals surface area contributed by atoms with Crippen molar-refractivity contribution in [3.63, 3.8) is 0 Å². The Morgan fingerprint density at radius 1 is 0.875 bits per heavy atom. The first-order valence-corrected chi connectivity index (χ1v) is 8.48. The summed E-state index contributed by atoms with van der Waals surface area (Å²) in [6, 6.07) is 5.83. The Kier molecular flexibility index (Phi) is 12.8. The minimum Gasteiger partial charge on any atom is -0.306 e. The fraction of sp³-hybridized carbons (Fsp3) is 0.647. The van der Waals surface area contributed by atoms with Gasteiger partial charge in [0.05, 0.1) is 6.61 Å². The molecule has 1 radical (unpaired) electrons. The van der Waals surface area contributed by atoms with Crippen molar-refractivity contribution in [1.29, 1.82) is 0 Å². The van der Waals surface area contributed by atoms with Gasteiger partial charge < -0.3 is 4.89 Å². The molecule has 24 heavy (non-hydrogen) atoms. The third kappa shape index (κ3) is 8.27. The Labute approximate surface area is 165 Å². The van der Waals surface area contributed by atoms with Crippen LogP contribution in [0.5, 0.6) is 5.75 Å². The first-order valence-electron chi connectivity index (χ1n) is 8.48. The molecule has 1 aliphatic rings. The molecule has 0 saturated carbocycles. The molecule has 7 heteroatoms. The van der Waals surface area contributed by atoms with Crippen molar-refractivity contribution in [2.75, 3.05) is 6.61 Å². The van der Waals surface area contributed by atoms with E-state index < -0.39 is 0 Å². The quantitative estimate of drug-likeness (QED) is 0.398. The van der Waals surface area contributed by atoms with Crippen LogP contribution in [-0.4, -0.2) is 36.2 Å². The van der Waals surface area contributed by atoms with Crippen LogP contribution in [0.4, 0.5) is 0 Å². The van der Waals surface area contributed by atoms with Gasteiger partial charge in [0.2, 0.25) is 0 Å². The molecule has 0 aromatic heterocycles. The average molecular weight is 349 g/mol. The van der Waals surface area contributed by atoms with Crippen molar-refractivity contribution in [2.24, 2.45) is 0 Å². The second-order valence-corrected chi connectivity index (χ2v) is 5.69. The van der Waals surface area contributed by atoms with Gasteiger partial charge in [-0.25, -0.2) is 4.89 Å². The Morgan fingerprint density at radius 2 is 1.62 bits per heavy atom. The number of hydrogen-bond acceptors (Lipinski definition) is 6. The Hall–Kier alpha value is -0.180. The van der Waals surface area contributed by atoms with Crippen molar-refractivity contribution < 1.29 is 29.9 Å². The number of rotatable bonds is 8. The van der Waals surface area contributed by atoms with Crippen LogP contribution in [0.1, 0.15) is 63.0 Å². The van der Waals surface area contributed by atoms with Crippen molar-refractivity contribution in [3.05, 3.63) is 29.3 Å². The molecule has 0 fully saturated rings. The van der Waals surface area contributed by atoms with E-state index in [0.29, 0.717) is 18.8 Å². The molecule has 0 spiro atoms. The zero-order valence-corrected chi connectivity index (χ0v) is 16.8. The van der Waals surface area contributed by atoms with Gasteiger partial charge in [0.15, 0.2) is 5.75 Å². The number of benzene rings is 1. The topological polar surface area (TPSA) is 55.4 Å². The molecule has 1 heterocycles.